The van der Waals surface area contributed by atoms with E-state index in [0.717, 1.165) is 34.0 Å². The molecule has 3 rings (SSSR count). The first kappa shape index (κ1) is 11.1. The molecular weight excluding hydrogens is 230 g/mol. The van der Waals surface area contributed by atoms with Crippen LogP contribution in [0.25, 0.3) is 11.1 Å². The largest absolute Gasteiger partial charge is 0.454 e. The predicted molar refractivity (Wildman–Crippen MR) is 67.4 cm³/mol. The van der Waals surface area contributed by atoms with Gasteiger partial charge in [-0.25, -0.2) is 0 Å². The van der Waals surface area contributed by atoms with E-state index in [1.165, 1.54) is 0 Å². The van der Waals surface area contributed by atoms with Gasteiger partial charge in [-0.15, -0.1) is 0 Å². The Morgan fingerprint density at radius 1 is 1.33 bits per heavy atom. The Labute approximate surface area is 105 Å². The van der Waals surface area contributed by atoms with Crippen LogP contribution in [0, 0.1) is 6.92 Å². The van der Waals surface area contributed by atoms with Crippen LogP contribution in [0.3, 0.4) is 0 Å². The van der Waals surface area contributed by atoms with Crippen LogP contribution in [-0.4, -0.2) is 16.6 Å². The third-order valence-corrected chi connectivity index (χ3v) is 3.20. The van der Waals surface area contributed by atoms with Crippen molar-refractivity contribution in [2.75, 3.05) is 6.79 Å². The minimum absolute atomic E-state index is 0.286. The summed E-state index contributed by atoms with van der Waals surface area (Å²) in [5, 5.41) is 4.42. The standard InChI is InChI=1S/C13H15N3O2/c1-8-13(10(6-14)16(2)15-8)9-3-4-11-12(5-9)18-7-17-11/h3-5H,6-7,14H2,1-2H3. The fraction of sp³-hybridized carbons (Fsp3) is 0.308. The van der Waals surface area contributed by atoms with Crippen molar-refractivity contribution in [2.45, 2.75) is 13.5 Å². The van der Waals surface area contributed by atoms with E-state index in [1.807, 2.05) is 36.9 Å². The molecule has 1 aliphatic rings. The number of aryl methyl sites for hydroxylation is 2. The van der Waals surface area contributed by atoms with Gasteiger partial charge in [-0.3, -0.25) is 4.68 Å². The van der Waals surface area contributed by atoms with Crippen LogP contribution in [0.1, 0.15) is 11.4 Å². The van der Waals surface area contributed by atoms with E-state index in [2.05, 4.69) is 5.10 Å². The van der Waals surface area contributed by atoms with Gasteiger partial charge in [0.05, 0.1) is 11.4 Å². The van der Waals surface area contributed by atoms with Crippen LogP contribution in [0.2, 0.25) is 0 Å². The summed E-state index contributed by atoms with van der Waals surface area (Å²) in [6, 6.07) is 5.91. The highest BCUT2D eigenvalue weighted by Gasteiger charge is 2.18. The number of ether oxygens (including phenoxy) is 2. The molecule has 1 aromatic heterocycles. The van der Waals surface area contributed by atoms with Crippen molar-refractivity contribution in [3.63, 3.8) is 0 Å². The number of rotatable bonds is 2. The van der Waals surface area contributed by atoms with Gasteiger partial charge < -0.3 is 15.2 Å². The molecule has 0 saturated carbocycles. The zero-order valence-corrected chi connectivity index (χ0v) is 10.4. The minimum Gasteiger partial charge on any atom is -0.454 e. The number of fused-ring (bicyclic) bond motifs is 1. The SMILES string of the molecule is Cc1nn(C)c(CN)c1-c1ccc2c(c1)OCO2. The van der Waals surface area contributed by atoms with Crippen LogP contribution in [0.15, 0.2) is 18.2 Å². The smallest absolute Gasteiger partial charge is 0.231 e. The summed E-state index contributed by atoms with van der Waals surface area (Å²) >= 11 is 0. The number of hydrogen-bond donors (Lipinski definition) is 1. The van der Waals surface area contributed by atoms with Crippen molar-refractivity contribution in [1.29, 1.82) is 0 Å². The van der Waals surface area contributed by atoms with Crippen molar-refractivity contribution >= 4 is 0 Å². The molecule has 2 N–H and O–H groups in total. The molecule has 0 saturated heterocycles. The number of aromatic nitrogens is 2. The minimum atomic E-state index is 0.286. The lowest BCUT2D eigenvalue weighted by molar-refractivity contribution is 0.174. The molecule has 0 spiro atoms. The maximum atomic E-state index is 5.80. The molecule has 0 unspecified atom stereocenters. The fourth-order valence-corrected chi connectivity index (χ4v) is 2.37. The molecular formula is C13H15N3O2. The molecule has 0 aliphatic carbocycles. The second-order valence-corrected chi connectivity index (χ2v) is 4.30. The molecule has 94 valence electrons. The van der Waals surface area contributed by atoms with E-state index in [0.29, 0.717) is 6.54 Å². The zero-order valence-electron chi connectivity index (χ0n) is 10.4. The highest BCUT2D eigenvalue weighted by atomic mass is 16.7. The quantitative estimate of drug-likeness (QED) is 0.872. The molecule has 5 heteroatoms. The predicted octanol–water partition coefficient (Wildman–Crippen LogP) is 1.58. The van der Waals surface area contributed by atoms with E-state index in [-0.39, 0.29) is 6.79 Å². The number of benzene rings is 1. The molecule has 0 radical (unpaired) electrons. The Bertz CT molecular complexity index is 605. The van der Waals surface area contributed by atoms with Crippen molar-refractivity contribution in [3.05, 3.63) is 29.6 Å². The van der Waals surface area contributed by atoms with E-state index in [9.17, 15) is 0 Å². The number of nitrogens with zero attached hydrogens (tertiary/aromatic N) is 2. The number of hydrogen-bond acceptors (Lipinski definition) is 4. The van der Waals surface area contributed by atoms with E-state index in [4.69, 9.17) is 15.2 Å². The molecule has 2 heterocycles. The van der Waals surface area contributed by atoms with Gasteiger partial charge >= 0.3 is 0 Å². The van der Waals surface area contributed by atoms with Gasteiger partial charge in [-0.2, -0.15) is 5.10 Å². The second-order valence-electron chi connectivity index (χ2n) is 4.30. The summed E-state index contributed by atoms with van der Waals surface area (Å²) in [6.45, 7) is 2.73. The van der Waals surface area contributed by atoms with Crippen molar-refractivity contribution in [1.82, 2.24) is 9.78 Å². The highest BCUT2D eigenvalue weighted by Crippen LogP contribution is 2.37. The normalized spacial score (nSPS) is 13.1. The molecule has 0 fully saturated rings. The Morgan fingerprint density at radius 2 is 2.11 bits per heavy atom. The summed E-state index contributed by atoms with van der Waals surface area (Å²) < 4.78 is 12.5. The van der Waals surface area contributed by atoms with Crippen LogP contribution in [-0.2, 0) is 13.6 Å². The van der Waals surface area contributed by atoms with Crippen molar-refractivity contribution in [3.8, 4) is 22.6 Å². The second kappa shape index (κ2) is 4.03. The summed E-state index contributed by atoms with van der Waals surface area (Å²) in [4.78, 5) is 0. The molecule has 0 bridgehead atoms. The average molecular weight is 245 g/mol. The maximum absolute atomic E-state index is 5.80. The van der Waals surface area contributed by atoms with Gasteiger partial charge in [0.15, 0.2) is 11.5 Å². The Kier molecular flexibility index (Phi) is 2.48. The van der Waals surface area contributed by atoms with Crippen LogP contribution in [0.4, 0.5) is 0 Å². The molecule has 2 aromatic rings. The first-order chi connectivity index (χ1) is 8.70. The van der Waals surface area contributed by atoms with Gasteiger partial charge in [-0.05, 0) is 24.6 Å². The van der Waals surface area contributed by atoms with Crippen molar-refractivity contribution in [2.24, 2.45) is 12.8 Å². The van der Waals surface area contributed by atoms with Gasteiger partial charge in [0.25, 0.3) is 0 Å². The van der Waals surface area contributed by atoms with E-state index in [1.54, 1.807) is 0 Å². The summed E-state index contributed by atoms with van der Waals surface area (Å²) in [5.41, 5.74) is 9.93. The highest BCUT2D eigenvalue weighted by molar-refractivity contribution is 5.71. The summed E-state index contributed by atoms with van der Waals surface area (Å²) in [6.07, 6.45) is 0. The first-order valence-corrected chi connectivity index (χ1v) is 5.83. The molecule has 1 aromatic carbocycles. The van der Waals surface area contributed by atoms with Gasteiger partial charge in [0.1, 0.15) is 0 Å². The first-order valence-electron chi connectivity index (χ1n) is 5.83. The third kappa shape index (κ3) is 1.55. The molecule has 0 amide bonds. The Morgan fingerprint density at radius 3 is 2.89 bits per heavy atom. The van der Waals surface area contributed by atoms with Crippen LogP contribution >= 0.6 is 0 Å². The number of nitrogens with two attached hydrogens (primary N) is 1. The monoisotopic (exact) mass is 245 g/mol. The Balaban J connectivity index is 2.15. The molecule has 1 aliphatic heterocycles. The lowest BCUT2D eigenvalue weighted by Gasteiger charge is -2.05. The van der Waals surface area contributed by atoms with Crippen molar-refractivity contribution < 1.29 is 9.47 Å². The maximum Gasteiger partial charge on any atom is 0.231 e. The lowest BCUT2D eigenvalue weighted by atomic mass is 10.0. The molecule has 0 atom stereocenters. The average Bonchev–Trinajstić information content (AvgIpc) is 2.91. The molecule has 5 nitrogen and oxygen atoms in total. The summed E-state index contributed by atoms with van der Waals surface area (Å²) in [7, 11) is 1.91. The third-order valence-electron chi connectivity index (χ3n) is 3.20. The van der Waals surface area contributed by atoms with Gasteiger partial charge in [0, 0.05) is 19.2 Å². The zero-order chi connectivity index (χ0) is 12.7. The fourth-order valence-electron chi connectivity index (χ4n) is 2.37. The molecule has 18 heavy (non-hydrogen) atoms. The van der Waals surface area contributed by atoms with E-state index >= 15 is 0 Å². The van der Waals surface area contributed by atoms with Gasteiger partial charge in [0.2, 0.25) is 6.79 Å². The summed E-state index contributed by atoms with van der Waals surface area (Å²) in [5.74, 6) is 1.56. The lowest BCUT2D eigenvalue weighted by Crippen LogP contribution is -2.05. The van der Waals surface area contributed by atoms with Crippen LogP contribution < -0.4 is 15.2 Å². The Hall–Kier alpha value is -2.01. The van der Waals surface area contributed by atoms with Gasteiger partial charge in [-0.1, -0.05) is 6.07 Å². The topological polar surface area (TPSA) is 62.3 Å². The van der Waals surface area contributed by atoms with E-state index < -0.39 is 0 Å². The van der Waals surface area contributed by atoms with Crippen LogP contribution in [0.5, 0.6) is 11.5 Å².